The van der Waals surface area contributed by atoms with E-state index in [1.807, 2.05) is 0 Å². The highest BCUT2D eigenvalue weighted by Gasteiger charge is 2.24. The van der Waals surface area contributed by atoms with Crippen molar-refractivity contribution in [1.29, 1.82) is 0 Å². The fourth-order valence-corrected chi connectivity index (χ4v) is 1.81. The Morgan fingerprint density at radius 1 is 1.44 bits per heavy atom. The van der Waals surface area contributed by atoms with E-state index in [2.05, 4.69) is 0 Å². The molecule has 0 heterocycles. The Balaban J connectivity index is 3.25. The highest BCUT2D eigenvalue weighted by molar-refractivity contribution is 5.77. The molecule has 0 radical (unpaired) electrons. The first-order chi connectivity index (χ1) is 8.43. The zero-order valence-electron chi connectivity index (χ0n) is 10.9. The van der Waals surface area contributed by atoms with Gasteiger partial charge < -0.3 is 14.6 Å². The number of methoxy groups -OCH3 is 1. The van der Waals surface area contributed by atoms with Crippen molar-refractivity contribution in [3.63, 3.8) is 0 Å². The van der Waals surface area contributed by atoms with Gasteiger partial charge in [-0.3, -0.25) is 0 Å². The van der Waals surface area contributed by atoms with Crippen LogP contribution in [-0.4, -0.2) is 24.8 Å². The van der Waals surface area contributed by atoms with Crippen LogP contribution in [0, 0.1) is 19.7 Å². The Hall–Kier alpha value is -1.62. The van der Waals surface area contributed by atoms with Crippen molar-refractivity contribution in [2.75, 3.05) is 13.7 Å². The molecule has 0 aromatic heterocycles. The van der Waals surface area contributed by atoms with E-state index in [0.29, 0.717) is 16.9 Å². The third-order valence-corrected chi connectivity index (χ3v) is 2.76. The lowest BCUT2D eigenvalue weighted by Gasteiger charge is -2.17. The van der Waals surface area contributed by atoms with Crippen LogP contribution in [0.1, 0.15) is 29.7 Å². The molecule has 1 N–H and O–H groups in total. The summed E-state index contributed by atoms with van der Waals surface area (Å²) in [6.45, 7) is 5.01. The normalized spacial score (nSPS) is 12.1. The van der Waals surface area contributed by atoms with Crippen LogP contribution >= 0.6 is 0 Å². The molecule has 0 amide bonds. The van der Waals surface area contributed by atoms with Gasteiger partial charge in [-0.05, 0) is 32.4 Å². The number of ether oxygens (including phenoxy) is 2. The molecular formula is C13H17FO4. The Labute approximate surface area is 105 Å². The van der Waals surface area contributed by atoms with E-state index >= 15 is 0 Å². The second-order valence-corrected chi connectivity index (χ2v) is 3.89. The smallest absolute Gasteiger partial charge is 0.339 e. The van der Waals surface area contributed by atoms with Crippen molar-refractivity contribution in [1.82, 2.24) is 0 Å². The van der Waals surface area contributed by atoms with Crippen LogP contribution in [0.15, 0.2) is 6.07 Å². The molecule has 0 spiro atoms. The van der Waals surface area contributed by atoms with E-state index in [4.69, 9.17) is 9.47 Å². The van der Waals surface area contributed by atoms with Gasteiger partial charge in [-0.25, -0.2) is 9.18 Å². The first kappa shape index (κ1) is 14.4. The predicted octanol–water partition coefficient (Wildman–Crippen LogP) is 2.05. The standard InChI is InChI=1S/C13H17FO4/c1-5-18-13(16)11(15)9-6-10(14)8(3)12(17-4)7(9)2/h6,11,15H,5H2,1-4H3. The van der Waals surface area contributed by atoms with Gasteiger partial charge in [0.2, 0.25) is 0 Å². The Kier molecular flexibility index (Phi) is 4.67. The molecule has 0 aliphatic carbocycles. The van der Waals surface area contributed by atoms with Crippen LogP contribution in [0.2, 0.25) is 0 Å². The number of aliphatic hydroxyl groups is 1. The summed E-state index contributed by atoms with van der Waals surface area (Å²) in [6.07, 6.45) is -1.51. The Bertz CT molecular complexity index is 457. The summed E-state index contributed by atoms with van der Waals surface area (Å²) >= 11 is 0. The minimum absolute atomic E-state index is 0.153. The second kappa shape index (κ2) is 5.82. The third-order valence-electron chi connectivity index (χ3n) is 2.76. The minimum atomic E-state index is -1.51. The molecular weight excluding hydrogens is 239 g/mol. The molecule has 4 nitrogen and oxygen atoms in total. The maximum atomic E-state index is 13.7. The molecule has 0 bridgehead atoms. The summed E-state index contributed by atoms with van der Waals surface area (Å²) in [6, 6.07) is 1.13. The van der Waals surface area contributed by atoms with Crippen LogP contribution in [-0.2, 0) is 9.53 Å². The first-order valence-electron chi connectivity index (χ1n) is 5.62. The van der Waals surface area contributed by atoms with Crippen LogP contribution in [0.5, 0.6) is 5.75 Å². The fraction of sp³-hybridized carbons (Fsp3) is 0.462. The van der Waals surface area contributed by atoms with Crippen molar-refractivity contribution in [3.05, 3.63) is 28.6 Å². The summed E-state index contributed by atoms with van der Waals surface area (Å²) in [5, 5.41) is 9.84. The molecule has 0 saturated heterocycles. The van der Waals surface area contributed by atoms with Crippen molar-refractivity contribution in [2.24, 2.45) is 0 Å². The summed E-state index contributed by atoms with van der Waals surface area (Å²) < 4.78 is 23.5. The van der Waals surface area contributed by atoms with Crippen molar-refractivity contribution in [2.45, 2.75) is 26.9 Å². The molecule has 1 aromatic rings. The average molecular weight is 256 g/mol. The zero-order chi connectivity index (χ0) is 13.9. The molecule has 0 aliphatic heterocycles. The number of esters is 1. The number of hydrogen-bond donors (Lipinski definition) is 1. The molecule has 5 heteroatoms. The number of rotatable bonds is 4. The molecule has 0 fully saturated rings. The van der Waals surface area contributed by atoms with Crippen molar-refractivity contribution < 1.29 is 23.8 Å². The highest BCUT2D eigenvalue weighted by Crippen LogP contribution is 2.32. The van der Waals surface area contributed by atoms with Crippen LogP contribution in [0.3, 0.4) is 0 Å². The fourth-order valence-electron chi connectivity index (χ4n) is 1.81. The summed E-state index contributed by atoms with van der Waals surface area (Å²) in [5.41, 5.74) is 1.03. The third kappa shape index (κ3) is 2.61. The number of aliphatic hydroxyl groups excluding tert-OH is 1. The summed E-state index contributed by atoms with van der Waals surface area (Å²) in [4.78, 5) is 11.5. The van der Waals surface area contributed by atoms with Gasteiger partial charge in [0, 0.05) is 11.1 Å². The molecule has 0 saturated carbocycles. The first-order valence-corrected chi connectivity index (χ1v) is 5.62. The van der Waals surface area contributed by atoms with Gasteiger partial charge in [-0.15, -0.1) is 0 Å². The van der Waals surface area contributed by atoms with E-state index in [1.54, 1.807) is 20.8 Å². The molecule has 1 atom stereocenters. The van der Waals surface area contributed by atoms with Crippen molar-refractivity contribution in [3.8, 4) is 5.75 Å². The Morgan fingerprint density at radius 3 is 2.56 bits per heavy atom. The van der Waals surface area contributed by atoms with Gasteiger partial charge in [-0.1, -0.05) is 0 Å². The maximum absolute atomic E-state index is 13.7. The second-order valence-electron chi connectivity index (χ2n) is 3.89. The summed E-state index contributed by atoms with van der Waals surface area (Å²) in [5.74, 6) is -1.00. The molecule has 0 aliphatic rings. The number of halogens is 1. The van der Waals surface area contributed by atoms with Crippen LogP contribution < -0.4 is 4.74 Å². The van der Waals surface area contributed by atoms with Crippen LogP contribution in [0.25, 0.3) is 0 Å². The quantitative estimate of drug-likeness (QED) is 0.838. The van der Waals surface area contributed by atoms with Gasteiger partial charge in [-0.2, -0.15) is 0 Å². The van der Waals surface area contributed by atoms with E-state index < -0.39 is 17.9 Å². The zero-order valence-corrected chi connectivity index (χ0v) is 10.9. The van der Waals surface area contributed by atoms with E-state index in [0.717, 1.165) is 6.07 Å². The molecule has 1 aromatic carbocycles. The SMILES string of the molecule is CCOC(=O)C(O)c1cc(F)c(C)c(OC)c1C. The van der Waals surface area contributed by atoms with Gasteiger partial charge in [0.25, 0.3) is 0 Å². The van der Waals surface area contributed by atoms with Crippen LogP contribution in [0.4, 0.5) is 4.39 Å². The largest absolute Gasteiger partial charge is 0.496 e. The average Bonchev–Trinajstić information content (AvgIpc) is 2.34. The number of hydrogen-bond acceptors (Lipinski definition) is 4. The number of carbonyl (C=O) groups excluding carboxylic acids is 1. The molecule has 1 rings (SSSR count). The molecule has 18 heavy (non-hydrogen) atoms. The van der Waals surface area contributed by atoms with E-state index in [9.17, 15) is 14.3 Å². The lowest BCUT2D eigenvalue weighted by atomic mass is 9.99. The van der Waals surface area contributed by atoms with Gasteiger partial charge in [0.1, 0.15) is 11.6 Å². The molecule has 100 valence electrons. The highest BCUT2D eigenvalue weighted by atomic mass is 19.1. The van der Waals surface area contributed by atoms with Gasteiger partial charge in [0.05, 0.1) is 13.7 Å². The van der Waals surface area contributed by atoms with Gasteiger partial charge >= 0.3 is 5.97 Å². The number of benzene rings is 1. The summed E-state index contributed by atoms with van der Waals surface area (Å²) in [7, 11) is 1.41. The minimum Gasteiger partial charge on any atom is -0.496 e. The lowest BCUT2D eigenvalue weighted by molar-refractivity contribution is -0.153. The number of carbonyl (C=O) groups is 1. The maximum Gasteiger partial charge on any atom is 0.339 e. The van der Waals surface area contributed by atoms with E-state index in [1.165, 1.54) is 7.11 Å². The molecule has 1 unspecified atom stereocenters. The monoisotopic (exact) mass is 256 g/mol. The van der Waals surface area contributed by atoms with Crippen molar-refractivity contribution >= 4 is 5.97 Å². The topological polar surface area (TPSA) is 55.8 Å². The Morgan fingerprint density at radius 2 is 2.06 bits per heavy atom. The lowest BCUT2D eigenvalue weighted by Crippen LogP contribution is -2.17. The van der Waals surface area contributed by atoms with Gasteiger partial charge in [0.15, 0.2) is 6.10 Å². The predicted molar refractivity (Wildman–Crippen MR) is 64.0 cm³/mol. The van der Waals surface area contributed by atoms with E-state index in [-0.39, 0.29) is 12.2 Å².